The summed E-state index contributed by atoms with van der Waals surface area (Å²) >= 11 is 0. The molecule has 37 heavy (non-hydrogen) atoms. The van der Waals surface area contributed by atoms with Gasteiger partial charge in [-0.15, -0.1) is 0 Å². The van der Waals surface area contributed by atoms with Crippen molar-refractivity contribution in [1.29, 1.82) is 0 Å². The van der Waals surface area contributed by atoms with Gasteiger partial charge in [-0.1, -0.05) is 19.8 Å². The highest BCUT2D eigenvalue weighted by Gasteiger charge is 2.39. The van der Waals surface area contributed by atoms with Crippen molar-refractivity contribution in [3.63, 3.8) is 0 Å². The molecule has 200 valence electrons. The van der Waals surface area contributed by atoms with Gasteiger partial charge in [0.15, 0.2) is 0 Å². The predicted molar refractivity (Wildman–Crippen MR) is 134 cm³/mol. The van der Waals surface area contributed by atoms with E-state index in [9.17, 15) is 19.2 Å². The van der Waals surface area contributed by atoms with Crippen molar-refractivity contribution < 1.29 is 19.2 Å². The minimum absolute atomic E-state index is 0.00985. The highest BCUT2D eigenvalue weighted by molar-refractivity contribution is 6.02. The first kappa shape index (κ1) is 26.5. The van der Waals surface area contributed by atoms with Gasteiger partial charge >= 0.3 is 0 Å². The number of unbranched alkanes of at least 4 members (excludes halogenated alkanes) is 2. The van der Waals surface area contributed by atoms with Gasteiger partial charge in [0, 0.05) is 31.4 Å². The van der Waals surface area contributed by atoms with E-state index in [0.29, 0.717) is 18.5 Å². The third-order valence-electron chi connectivity index (χ3n) is 6.99. The molecule has 4 amide bonds. The van der Waals surface area contributed by atoms with E-state index in [2.05, 4.69) is 37.4 Å². The maximum Gasteiger partial charge on any atom is 0.253 e. The molecule has 0 bridgehead atoms. The summed E-state index contributed by atoms with van der Waals surface area (Å²) in [4.78, 5) is 67.0. The van der Waals surface area contributed by atoms with Crippen LogP contribution in [-0.4, -0.2) is 84.2 Å². The number of carbonyl (C=O) groups is 4. The smallest absolute Gasteiger partial charge is 0.253 e. The quantitative estimate of drug-likeness (QED) is 0.353. The summed E-state index contributed by atoms with van der Waals surface area (Å²) in [5.41, 5.74) is 0.575. The van der Waals surface area contributed by atoms with Gasteiger partial charge in [0.05, 0.1) is 24.4 Å². The van der Waals surface area contributed by atoms with Crippen LogP contribution >= 0.6 is 0 Å². The molecular weight excluding hydrogens is 476 g/mol. The third kappa shape index (κ3) is 6.82. The lowest BCUT2D eigenvalue weighted by Crippen LogP contribution is -2.57. The molecule has 2 aromatic rings. The minimum atomic E-state index is -1.03. The zero-order chi connectivity index (χ0) is 26.2. The fourth-order valence-corrected chi connectivity index (χ4v) is 4.98. The summed E-state index contributed by atoms with van der Waals surface area (Å²) in [5.74, 6) is -1.43. The van der Waals surface area contributed by atoms with E-state index in [1.165, 1.54) is 11.2 Å². The van der Waals surface area contributed by atoms with Gasteiger partial charge in [-0.25, -0.2) is 9.97 Å². The largest absolute Gasteiger partial charge is 0.351 e. The molecule has 0 aromatic carbocycles. The average Bonchev–Trinajstić information content (AvgIpc) is 3.70. The molecule has 2 aliphatic heterocycles. The molecule has 3 atom stereocenters. The second-order valence-electron chi connectivity index (χ2n) is 9.71. The second kappa shape index (κ2) is 12.6. The predicted octanol–water partition coefficient (Wildman–Crippen LogP) is 0.580. The fourth-order valence-electron chi connectivity index (χ4n) is 4.98. The Morgan fingerprint density at radius 2 is 2.14 bits per heavy atom. The van der Waals surface area contributed by atoms with Crippen LogP contribution in [0.5, 0.6) is 0 Å². The van der Waals surface area contributed by atoms with Gasteiger partial charge in [0.2, 0.25) is 17.7 Å². The summed E-state index contributed by atoms with van der Waals surface area (Å²) in [6.45, 7) is 3.77. The Bertz CT molecular complexity index is 1050. The van der Waals surface area contributed by atoms with Crippen molar-refractivity contribution in [2.45, 2.75) is 83.1 Å². The first-order chi connectivity index (χ1) is 18.0. The first-order valence-electron chi connectivity index (χ1n) is 13.1. The minimum Gasteiger partial charge on any atom is -0.351 e. The maximum atomic E-state index is 14.0. The number of imidazole rings is 2. The number of aromatic nitrogens is 4. The SMILES string of the molecule is CCCCCN1CCC[C@H]1C(=O)N(Cn1ccnc1)C(=O)[C@H](Cc1c[nH]cn1)NC(=O)[C@@H]1CCC(=O)N1. The lowest BCUT2D eigenvalue weighted by Gasteiger charge is -2.32. The van der Waals surface area contributed by atoms with Crippen LogP contribution in [0.15, 0.2) is 31.2 Å². The monoisotopic (exact) mass is 512 g/mol. The Balaban J connectivity index is 1.56. The standard InChI is InChI=1S/C25H36N8O4/c1-2-3-4-10-32-11-5-6-21(32)25(37)33(17-31-12-9-26-16-31)24(36)20(13-18-14-27-15-28-18)30-23(35)19-7-8-22(34)29-19/h9,12,14-16,19-21H,2-8,10-11,13,17H2,1H3,(H,27,28)(H,29,34)(H,30,35)/t19-,20-,21-/m0/s1. The molecule has 2 aliphatic rings. The molecule has 4 heterocycles. The first-order valence-corrected chi connectivity index (χ1v) is 13.1. The van der Waals surface area contributed by atoms with E-state index in [1.807, 2.05) is 0 Å². The summed E-state index contributed by atoms with van der Waals surface area (Å²) in [6.07, 6.45) is 13.5. The summed E-state index contributed by atoms with van der Waals surface area (Å²) in [6, 6.07) is -2.13. The molecule has 0 spiro atoms. The van der Waals surface area contributed by atoms with E-state index >= 15 is 0 Å². The normalized spacial score (nSPS) is 20.5. The number of H-pyrrole nitrogens is 1. The van der Waals surface area contributed by atoms with E-state index in [0.717, 1.165) is 38.8 Å². The molecule has 0 saturated carbocycles. The van der Waals surface area contributed by atoms with Crippen LogP contribution in [0.4, 0.5) is 0 Å². The zero-order valence-corrected chi connectivity index (χ0v) is 21.3. The summed E-state index contributed by atoms with van der Waals surface area (Å²) in [7, 11) is 0. The van der Waals surface area contributed by atoms with Crippen LogP contribution in [0.3, 0.4) is 0 Å². The van der Waals surface area contributed by atoms with Crippen LogP contribution in [0.25, 0.3) is 0 Å². The van der Waals surface area contributed by atoms with Crippen molar-refractivity contribution in [1.82, 2.24) is 40.0 Å². The lowest BCUT2D eigenvalue weighted by molar-refractivity contribution is -0.152. The molecular formula is C25H36N8O4. The van der Waals surface area contributed by atoms with Crippen LogP contribution in [0, 0.1) is 0 Å². The Hall–Kier alpha value is -3.54. The van der Waals surface area contributed by atoms with Gasteiger partial charge < -0.3 is 20.2 Å². The average molecular weight is 513 g/mol. The summed E-state index contributed by atoms with van der Waals surface area (Å²) < 4.78 is 1.66. The summed E-state index contributed by atoms with van der Waals surface area (Å²) in [5, 5.41) is 5.42. The molecule has 2 aromatic heterocycles. The topological polar surface area (TPSA) is 145 Å². The van der Waals surface area contributed by atoms with Crippen molar-refractivity contribution in [3.8, 4) is 0 Å². The maximum absolute atomic E-state index is 14.0. The highest BCUT2D eigenvalue weighted by atomic mass is 16.2. The molecule has 2 fully saturated rings. The Kier molecular flexibility index (Phi) is 9.04. The molecule has 0 radical (unpaired) electrons. The number of nitrogens with one attached hydrogen (secondary N) is 3. The van der Waals surface area contributed by atoms with Gasteiger partial charge in [0.1, 0.15) is 18.8 Å². The van der Waals surface area contributed by atoms with Crippen molar-refractivity contribution >= 4 is 23.6 Å². The molecule has 4 rings (SSSR count). The van der Waals surface area contributed by atoms with Crippen LogP contribution < -0.4 is 10.6 Å². The fraction of sp³-hybridized carbons (Fsp3) is 0.600. The van der Waals surface area contributed by atoms with E-state index in [1.54, 1.807) is 29.5 Å². The zero-order valence-electron chi connectivity index (χ0n) is 21.3. The lowest BCUT2D eigenvalue weighted by atomic mass is 10.1. The van der Waals surface area contributed by atoms with Gasteiger partial charge in [-0.05, 0) is 38.8 Å². The highest BCUT2D eigenvalue weighted by Crippen LogP contribution is 2.21. The molecule has 0 unspecified atom stereocenters. The van der Waals surface area contributed by atoms with Crippen LogP contribution in [0.1, 0.15) is 57.6 Å². The molecule has 2 saturated heterocycles. The number of hydrogen-bond donors (Lipinski definition) is 3. The van der Waals surface area contributed by atoms with Gasteiger partial charge in [-0.2, -0.15) is 0 Å². The van der Waals surface area contributed by atoms with Gasteiger partial charge in [0.25, 0.3) is 5.91 Å². The number of hydrogen-bond acceptors (Lipinski definition) is 7. The molecule has 3 N–H and O–H groups in total. The van der Waals surface area contributed by atoms with Crippen molar-refractivity contribution in [2.24, 2.45) is 0 Å². The number of amides is 4. The Labute approximate surface area is 216 Å². The Morgan fingerprint density at radius 3 is 2.81 bits per heavy atom. The van der Waals surface area contributed by atoms with Crippen molar-refractivity contribution in [2.75, 3.05) is 13.1 Å². The number of carbonyl (C=O) groups excluding carboxylic acids is 4. The van der Waals surface area contributed by atoms with Crippen LogP contribution in [-0.2, 0) is 32.3 Å². The number of likely N-dealkylation sites (tertiary alicyclic amines) is 1. The van der Waals surface area contributed by atoms with E-state index in [-0.39, 0.29) is 37.4 Å². The van der Waals surface area contributed by atoms with Crippen LogP contribution in [0.2, 0.25) is 0 Å². The number of aromatic amines is 1. The van der Waals surface area contributed by atoms with E-state index in [4.69, 9.17) is 0 Å². The number of rotatable bonds is 12. The van der Waals surface area contributed by atoms with Crippen molar-refractivity contribution in [3.05, 3.63) is 36.9 Å². The second-order valence-corrected chi connectivity index (χ2v) is 9.71. The molecule has 0 aliphatic carbocycles. The number of imide groups is 1. The number of nitrogens with zero attached hydrogens (tertiary/aromatic N) is 5. The van der Waals surface area contributed by atoms with Gasteiger partial charge in [-0.3, -0.25) is 29.0 Å². The Morgan fingerprint density at radius 1 is 1.27 bits per heavy atom. The third-order valence-corrected chi connectivity index (χ3v) is 6.99. The molecule has 12 heteroatoms. The molecule has 12 nitrogen and oxygen atoms in total. The van der Waals surface area contributed by atoms with E-state index < -0.39 is 23.9 Å².